The summed E-state index contributed by atoms with van der Waals surface area (Å²) in [5.74, 6) is 0.328. The number of halogens is 2. The topological polar surface area (TPSA) is 60.9 Å². The van der Waals surface area contributed by atoms with Crippen molar-refractivity contribution in [3.8, 4) is 22.8 Å². The molecular weight excluding hydrogens is 447 g/mol. The number of benzene rings is 2. The fourth-order valence-corrected chi connectivity index (χ4v) is 3.96. The number of pyridine rings is 1. The Morgan fingerprint density at radius 2 is 1.91 bits per heavy atom. The van der Waals surface area contributed by atoms with Crippen LogP contribution in [-0.2, 0) is 4.74 Å². The molecule has 33 heavy (non-hydrogen) atoms. The largest absolute Gasteiger partial charge is 0.494 e. The Labute approximate surface area is 197 Å². The summed E-state index contributed by atoms with van der Waals surface area (Å²) in [4.78, 5) is 18.5. The number of hydrogen-bond donors (Lipinski definition) is 0. The summed E-state index contributed by atoms with van der Waals surface area (Å²) in [6.07, 6.45) is 0.319. The van der Waals surface area contributed by atoms with Crippen molar-refractivity contribution in [2.45, 2.75) is 38.9 Å². The molecule has 1 saturated heterocycles. The van der Waals surface area contributed by atoms with Gasteiger partial charge in [0.05, 0.1) is 29.9 Å². The Morgan fingerprint density at radius 3 is 2.58 bits per heavy atom. The molecule has 2 aromatic carbocycles. The number of fused-ring (bicyclic) bond motifs is 1. The second kappa shape index (κ2) is 9.06. The summed E-state index contributed by atoms with van der Waals surface area (Å²) in [7, 11) is 1.41. The van der Waals surface area contributed by atoms with Gasteiger partial charge in [0.15, 0.2) is 11.6 Å². The Bertz CT molecular complexity index is 1180. The van der Waals surface area contributed by atoms with Gasteiger partial charge in [-0.2, -0.15) is 0 Å². The molecule has 0 spiro atoms. The van der Waals surface area contributed by atoms with Gasteiger partial charge in [0.2, 0.25) is 0 Å². The van der Waals surface area contributed by atoms with E-state index in [0.29, 0.717) is 40.5 Å². The number of rotatable bonds is 4. The van der Waals surface area contributed by atoms with Crippen LogP contribution in [0, 0.1) is 5.82 Å². The van der Waals surface area contributed by atoms with Crippen molar-refractivity contribution in [1.82, 2.24) is 9.88 Å². The second-order valence-corrected chi connectivity index (χ2v) is 9.38. The molecule has 0 N–H and O–H groups in total. The minimum absolute atomic E-state index is 0.0982. The number of amides is 1. The van der Waals surface area contributed by atoms with E-state index in [4.69, 9.17) is 25.8 Å². The zero-order valence-electron chi connectivity index (χ0n) is 19.0. The Morgan fingerprint density at radius 1 is 1.18 bits per heavy atom. The van der Waals surface area contributed by atoms with Gasteiger partial charge in [-0.3, -0.25) is 0 Å². The lowest BCUT2D eigenvalue weighted by Gasteiger charge is -2.24. The molecular formula is C25H26ClFN2O4. The monoisotopic (exact) mass is 472 g/mol. The minimum atomic E-state index is -0.523. The van der Waals surface area contributed by atoms with E-state index in [9.17, 15) is 9.18 Å². The van der Waals surface area contributed by atoms with Gasteiger partial charge < -0.3 is 19.1 Å². The van der Waals surface area contributed by atoms with Crippen LogP contribution in [0.5, 0.6) is 11.5 Å². The van der Waals surface area contributed by atoms with E-state index in [1.165, 1.54) is 19.2 Å². The van der Waals surface area contributed by atoms with Gasteiger partial charge in [0, 0.05) is 30.0 Å². The van der Waals surface area contributed by atoms with E-state index >= 15 is 0 Å². The number of aromatic nitrogens is 1. The average Bonchev–Trinajstić information content (AvgIpc) is 3.22. The summed E-state index contributed by atoms with van der Waals surface area (Å²) in [5, 5.41) is 0.930. The highest BCUT2D eigenvalue weighted by atomic mass is 35.5. The van der Waals surface area contributed by atoms with Crippen LogP contribution in [-0.4, -0.2) is 47.9 Å². The summed E-state index contributed by atoms with van der Waals surface area (Å²) in [5.41, 5.74) is 1.52. The first-order chi connectivity index (χ1) is 15.6. The first kappa shape index (κ1) is 23.1. The van der Waals surface area contributed by atoms with Gasteiger partial charge >= 0.3 is 6.09 Å². The third-order valence-corrected chi connectivity index (χ3v) is 5.59. The first-order valence-corrected chi connectivity index (χ1v) is 11.1. The molecule has 8 heteroatoms. The molecule has 1 atom stereocenters. The maximum Gasteiger partial charge on any atom is 0.410 e. The van der Waals surface area contributed by atoms with Crippen molar-refractivity contribution in [3.05, 3.63) is 53.3 Å². The molecule has 0 radical (unpaired) electrons. The molecule has 1 fully saturated rings. The summed E-state index contributed by atoms with van der Waals surface area (Å²) in [6, 6.07) is 12.1. The number of likely N-dealkylation sites (tertiary alicyclic amines) is 1. The fraction of sp³-hybridized carbons (Fsp3) is 0.360. The highest BCUT2D eigenvalue weighted by molar-refractivity contribution is 6.35. The maximum absolute atomic E-state index is 14.0. The van der Waals surface area contributed by atoms with Gasteiger partial charge in [-0.05, 0) is 57.2 Å². The molecule has 0 saturated carbocycles. The molecule has 1 aliphatic heterocycles. The summed E-state index contributed by atoms with van der Waals surface area (Å²) >= 11 is 6.39. The molecule has 4 rings (SSSR count). The molecule has 1 aromatic heterocycles. The number of nitrogens with zero attached hydrogens (tertiary/aromatic N) is 2. The van der Waals surface area contributed by atoms with Crippen LogP contribution in [0.3, 0.4) is 0 Å². The predicted molar refractivity (Wildman–Crippen MR) is 126 cm³/mol. The van der Waals surface area contributed by atoms with Gasteiger partial charge in [0.25, 0.3) is 0 Å². The lowest BCUT2D eigenvalue weighted by molar-refractivity contribution is 0.0275. The molecule has 3 aromatic rings. The normalized spacial score (nSPS) is 16.2. The third kappa shape index (κ3) is 5.30. The van der Waals surface area contributed by atoms with E-state index in [-0.39, 0.29) is 17.9 Å². The number of methoxy groups -OCH3 is 1. The van der Waals surface area contributed by atoms with E-state index in [2.05, 4.69) is 4.98 Å². The smallest absolute Gasteiger partial charge is 0.410 e. The molecule has 0 bridgehead atoms. The van der Waals surface area contributed by atoms with Gasteiger partial charge in [-0.25, -0.2) is 14.2 Å². The van der Waals surface area contributed by atoms with Crippen LogP contribution in [0.2, 0.25) is 5.02 Å². The molecule has 0 aliphatic carbocycles. The Hall–Kier alpha value is -3.06. The highest BCUT2D eigenvalue weighted by Crippen LogP contribution is 2.32. The van der Waals surface area contributed by atoms with Crippen molar-refractivity contribution < 1.29 is 23.4 Å². The van der Waals surface area contributed by atoms with Gasteiger partial charge in [0.1, 0.15) is 17.5 Å². The zero-order valence-corrected chi connectivity index (χ0v) is 19.8. The van der Waals surface area contributed by atoms with Crippen LogP contribution in [0.1, 0.15) is 27.2 Å². The van der Waals surface area contributed by atoms with Gasteiger partial charge in [-0.15, -0.1) is 0 Å². The molecule has 1 unspecified atom stereocenters. The Balaban J connectivity index is 1.46. The van der Waals surface area contributed by atoms with Crippen molar-refractivity contribution >= 4 is 28.6 Å². The number of ether oxygens (including phenoxy) is 3. The standard InChI is InChI=1S/C25H26ClFN2O4/c1-25(2,3)33-24(30)29-10-9-17(14-29)32-16-7-5-15(6-8-16)21-12-19(26)18-11-20(27)23(31-4)13-22(18)28-21/h5-8,11-13,17H,9-10,14H2,1-4H3. The maximum atomic E-state index is 14.0. The van der Waals surface area contributed by atoms with Crippen molar-refractivity contribution in [2.24, 2.45) is 0 Å². The van der Waals surface area contributed by atoms with Crippen LogP contribution in [0.25, 0.3) is 22.2 Å². The summed E-state index contributed by atoms with van der Waals surface area (Å²) in [6.45, 7) is 6.63. The molecule has 1 aliphatic rings. The first-order valence-electron chi connectivity index (χ1n) is 10.7. The third-order valence-electron chi connectivity index (χ3n) is 5.28. The van der Waals surface area contributed by atoms with Crippen LogP contribution in [0.15, 0.2) is 42.5 Å². The van der Waals surface area contributed by atoms with E-state index in [0.717, 1.165) is 12.0 Å². The zero-order chi connectivity index (χ0) is 23.8. The molecule has 174 valence electrons. The predicted octanol–water partition coefficient (Wildman–Crippen LogP) is 6.09. The molecule has 2 heterocycles. The Kier molecular flexibility index (Phi) is 6.34. The second-order valence-electron chi connectivity index (χ2n) is 8.97. The quantitative estimate of drug-likeness (QED) is 0.459. The van der Waals surface area contributed by atoms with E-state index in [1.807, 2.05) is 45.0 Å². The van der Waals surface area contributed by atoms with Crippen molar-refractivity contribution in [3.63, 3.8) is 0 Å². The van der Waals surface area contributed by atoms with Crippen LogP contribution >= 0.6 is 11.6 Å². The average molecular weight is 473 g/mol. The van der Waals surface area contributed by atoms with Crippen LogP contribution in [0.4, 0.5) is 9.18 Å². The van der Waals surface area contributed by atoms with E-state index < -0.39 is 11.4 Å². The number of hydrogen-bond acceptors (Lipinski definition) is 5. The number of carbonyl (C=O) groups excluding carboxylic acids is 1. The van der Waals surface area contributed by atoms with E-state index in [1.54, 1.807) is 11.0 Å². The lowest BCUT2D eigenvalue weighted by atomic mass is 10.1. The molecule has 6 nitrogen and oxygen atoms in total. The van der Waals surface area contributed by atoms with Gasteiger partial charge in [-0.1, -0.05) is 11.6 Å². The van der Waals surface area contributed by atoms with Crippen LogP contribution < -0.4 is 9.47 Å². The van der Waals surface area contributed by atoms with Crippen molar-refractivity contribution in [1.29, 1.82) is 0 Å². The van der Waals surface area contributed by atoms with Crippen molar-refractivity contribution in [2.75, 3.05) is 20.2 Å². The minimum Gasteiger partial charge on any atom is -0.494 e. The SMILES string of the molecule is COc1cc2nc(-c3ccc(OC4CCN(C(=O)OC(C)(C)C)C4)cc3)cc(Cl)c2cc1F. The molecule has 1 amide bonds. The highest BCUT2D eigenvalue weighted by Gasteiger charge is 2.30. The number of carbonyl (C=O) groups is 1. The fourth-order valence-electron chi connectivity index (χ4n) is 3.70. The lowest BCUT2D eigenvalue weighted by Crippen LogP contribution is -2.36. The summed E-state index contributed by atoms with van der Waals surface area (Å²) < 4.78 is 30.6.